The van der Waals surface area contributed by atoms with Crippen molar-refractivity contribution in [2.45, 2.75) is 24.7 Å². The van der Waals surface area contributed by atoms with E-state index in [4.69, 9.17) is 9.26 Å². The summed E-state index contributed by atoms with van der Waals surface area (Å²) in [6.07, 6.45) is 12.0. The highest BCUT2D eigenvalue weighted by molar-refractivity contribution is 8.48. The summed E-state index contributed by atoms with van der Waals surface area (Å²) in [4.78, 5) is 0. The second kappa shape index (κ2) is 6.37. The molecule has 1 aliphatic carbocycles. The Hall–Kier alpha value is -0.240. The Morgan fingerprint density at radius 3 is 2.93 bits per heavy atom. The molecule has 0 saturated carbocycles. The van der Waals surface area contributed by atoms with E-state index in [9.17, 15) is 0 Å². The second-order valence-corrected chi connectivity index (χ2v) is 5.87. The SMILES string of the molecule is CC=COC1(C)C=CC=CC1SPOC. The maximum Gasteiger partial charge on any atom is 0.139 e. The van der Waals surface area contributed by atoms with Crippen LogP contribution in [0.2, 0.25) is 0 Å². The van der Waals surface area contributed by atoms with Crippen LogP contribution in [0.5, 0.6) is 0 Å². The van der Waals surface area contributed by atoms with Crippen molar-refractivity contribution >= 4 is 19.4 Å². The van der Waals surface area contributed by atoms with Crippen molar-refractivity contribution in [3.8, 4) is 0 Å². The van der Waals surface area contributed by atoms with Gasteiger partial charge in [-0.25, -0.2) is 0 Å². The molecule has 0 bridgehead atoms. The molecule has 0 aromatic rings. The third-order valence-electron chi connectivity index (χ3n) is 2.11. The highest BCUT2D eigenvalue weighted by atomic mass is 32.7. The van der Waals surface area contributed by atoms with Gasteiger partial charge in [0.15, 0.2) is 0 Å². The topological polar surface area (TPSA) is 18.5 Å². The van der Waals surface area contributed by atoms with Crippen molar-refractivity contribution in [3.05, 3.63) is 36.6 Å². The smallest absolute Gasteiger partial charge is 0.139 e. The highest BCUT2D eigenvalue weighted by Crippen LogP contribution is 2.42. The molecule has 3 atom stereocenters. The zero-order valence-corrected chi connectivity index (χ0v) is 11.1. The van der Waals surface area contributed by atoms with Gasteiger partial charge in [-0.05, 0) is 19.9 Å². The minimum atomic E-state index is -0.266. The normalized spacial score (nSPS) is 30.7. The van der Waals surface area contributed by atoms with Crippen LogP contribution < -0.4 is 0 Å². The summed E-state index contributed by atoms with van der Waals surface area (Å²) >= 11 is 1.76. The van der Waals surface area contributed by atoms with Crippen LogP contribution in [0, 0.1) is 0 Å². The van der Waals surface area contributed by atoms with Gasteiger partial charge in [0, 0.05) is 7.11 Å². The van der Waals surface area contributed by atoms with E-state index in [-0.39, 0.29) is 5.60 Å². The molecule has 0 spiro atoms. The van der Waals surface area contributed by atoms with Gasteiger partial charge in [0.25, 0.3) is 0 Å². The van der Waals surface area contributed by atoms with E-state index in [0.29, 0.717) is 13.3 Å². The molecule has 2 nitrogen and oxygen atoms in total. The molecule has 1 rings (SSSR count). The van der Waals surface area contributed by atoms with Crippen molar-refractivity contribution < 1.29 is 9.26 Å². The average Bonchev–Trinajstić information content (AvgIpc) is 2.25. The van der Waals surface area contributed by atoms with E-state index in [1.807, 2.05) is 19.1 Å². The van der Waals surface area contributed by atoms with Gasteiger partial charge in [0.1, 0.15) is 5.60 Å². The first-order valence-corrected chi connectivity index (χ1v) is 7.33. The maximum atomic E-state index is 5.74. The lowest BCUT2D eigenvalue weighted by Crippen LogP contribution is -2.36. The quantitative estimate of drug-likeness (QED) is 0.543. The number of rotatable bonds is 5. The Kier molecular flexibility index (Phi) is 5.44. The fourth-order valence-corrected chi connectivity index (χ4v) is 3.55. The first kappa shape index (κ1) is 12.8. The summed E-state index contributed by atoms with van der Waals surface area (Å²) in [5.74, 6) is 0. The lowest BCUT2D eigenvalue weighted by molar-refractivity contribution is 0.0930. The van der Waals surface area contributed by atoms with E-state index in [1.165, 1.54) is 0 Å². The number of allylic oxidation sites excluding steroid dienone is 3. The largest absolute Gasteiger partial charge is 0.490 e. The lowest BCUT2D eigenvalue weighted by atomic mass is 9.97. The molecule has 0 aromatic carbocycles. The molecular formula is C11H17O2PS. The van der Waals surface area contributed by atoms with E-state index >= 15 is 0 Å². The van der Waals surface area contributed by atoms with Gasteiger partial charge >= 0.3 is 0 Å². The molecule has 0 radical (unpaired) electrons. The Balaban J connectivity index is 2.65. The molecule has 0 fully saturated rings. The van der Waals surface area contributed by atoms with Crippen LogP contribution in [0.25, 0.3) is 0 Å². The van der Waals surface area contributed by atoms with E-state index in [0.717, 1.165) is 0 Å². The summed E-state index contributed by atoms with van der Waals surface area (Å²) in [6, 6.07) is 0. The van der Waals surface area contributed by atoms with Gasteiger partial charge in [-0.15, -0.1) is 0 Å². The van der Waals surface area contributed by atoms with Gasteiger partial charge in [-0.2, -0.15) is 0 Å². The van der Waals surface area contributed by atoms with Crippen LogP contribution in [-0.2, 0) is 9.26 Å². The zero-order valence-electron chi connectivity index (χ0n) is 9.27. The molecule has 1 aliphatic rings. The van der Waals surface area contributed by atoms with Gasteiger partial charge in [0.2, 0.25) is 0 Å². The molecule has 15 heavy (non-hydrogen) atoms. The van der Waals surface area contributed by atoms with Gasteiger partial charge in [-0.3, -0.25) is 0 Å². The molecule has 0 aromatic heterocycles. The molecule has 0 amide bonds. The third-order valence-corrected chi connectivity index (χ3v) is 4.80. The average molecular weight is 244 g/mol. The minimum Gasteiger partial charge on any atom is -0.490 e. The van der Waals surface area contributed by atoms with E-state index < -0.39 is 0 Å². The van der Waals surface area contributed by atoms with Crippen molar-refractivity contribution in [2.24, 2.45) is 0 Å². The third kappa shape index (κ3) is 3.67. The molecule has 0 aliphatic heterocycles. The minimum absolute atomic E-state index is 0.266. The molecule has 0 heterocycles. The molecular weight excluding hydrogens is 227 g/mol. The fraction of sp³-hybridized carbons (Fsp3) is 0.455. The van der Waals surface area contributed by atoms with Gasteiger partial charge in [-0.1, -0.05) is 35.7 Å². The van der Waals surface area contributed by atoms with Crippen molar-refractivity contribution in [1.82, 2.24) is 0 Å². The monoisotopic (exact) mass is 244 g/mol. The van der Waals surface area contributed by atoms with E-state index in [1.54, 1.807) is 24.8 Å². The Morgan fingerprint density at radius 2 is 2.27 bits per heavy atom. The molecule has 84 valence electrons. The van der Waals surface area contributed by atoms with Crippen LogP contribution >= 0.6 is 19.4 Å². The zero-order chi connectivity index (χ0) is 11.1. The summed E-state index contributed by atoms with van der Waals surface area (Å²) in [7, 11) is 2.17. The van der Waals surface area contributed by atoms with Crippen molar-refractivity contribution in [1.29, 1.82) is 0 Å². The first-order chi connectivity index (χ1) is 7.23. The molecule has 0 saturated heterocycles. The Morgan fingerprint density at radius 1 is 1.47 bits per heavy atom. The lowest BCUT2D eigenvalue weighted by Gasteiger charge is -2.33. The summed E-state index contributed by atoms with van der Waals surface area (Å²) in [5.41, 5.74) is -0.266. The van der Waals surface area contributed by atoms with Crippen LogP contribution in [0.3, 0.4) is 0 Å². The van der Waals surface area contributed by atoms with Crippen LogP contribution in [0.4, 0.5) is 0 Å². The predicted molar refractivity (Wildman–Crippen MR) is 69.3 cm³/mol. The number of ether oxygens (including phenoxy) is 1. The Bertz CT molecular complexity index is 276. The summed E-state index contributed by atoms with van der Waals surface area (Å²) < 4.78 is 10.8. The first-order valence-electron chi connectivity index (χ1n) is 4.81. The van der Waals surface area contributed by atoms with Crippen LogP contribution in [0.15, 0.2) is 36.6 Å². The number of hydrogen-bond donors (Lipinski definition) is 0. The summed E-state index contributed by atoms with van der Waals surface area (Å²) in [5, 5.41) is 0.303. The number of hydrogen-bond acceptors (Lipinski definition) is 3. The van der Waals surface area contributed by atoms with Crippen LogP contribution in [-0.4, -0.2) is 18.0 Å². The second-order valence-electron chi connectivity index (χ2n) is 3.34. The van der Waals surface area contributed by atoms with Gasteiger partial charge in [0.05, 0.1) is 19.5 Å². The molecule has 4 heteroatoms. The van der Waals surface area contributed by atoms with Gasteiger partial charge < -0.3 is 9.26 Å². The Labute approximate surface area is 97.4 Å². The fourth-order valence-electron chi connectivity index (χ4n) is 1.27. The van der Waals surface area contributed by atoms with Crippen molar-refractivity contribution in [3.63, 3.8) is 0 Å². The van der Waals surface area contributed by atoms with E-state index in [2.05, 4.69) is 25.2 Å². The van der Waals surface area contributed by atoms with Crippen molar-refractivity contribution in [2.75, 3.05) is 7.11 Å². The summed E-state index contributed by atoms with van der Waals surface area (Å²) in [6.45, 7) is 4.04. The molecule has 3 unspecified atom stereocenters. The predicted octanol–water partition coefficient (Wildman–Crippen LogP) is 3.68. The van der Waals surface area contributed by atoms with Crippen LogP contribution in [0.1, 0.15) is 13.8 Å². The highest BCUT2D eigenvalue weighted by Gasteiger charge is 2.33. The maximum absolute atomic E-state index is 5.74. The standard InChI is InChI=1S/C11H17O2PS/c1-4-9-13-11(2)8-6-5-7-10(11)15-14-12-3/h4-10,14H,1-3H3. The molecule has 0 N–H and O–H groups in total.